The van der Waals surface area contributed by atoms with Crippen LogP contribution in [-0.4, -0.2) is 18.5 Å². The van der Waals surface area contributed by atoms with Gasteiger partial charge in [0, 0.05) is 6.42 Å². The maximum absolute atomic E-state index is 6.24. The molecule has 0 amide bonds. The van der Waals surface area contributed by atoms with Crippen LogP contribution in [0.4, 0.5) is 0 Å². The van der Waals surface area contributed by atoms with Gasteiger partial charge in [-0.3, -0.25) is 0 Å². The van der Waals surface area contributed by atoms with Gasteiger partial charge >= 0.3 is 0 Å². The Kier molecular flexibility index (Phi) is 4.08. The Bertz CT molecular complexity index is 265. The van der Waals surface area contributed by atoms with Crippen molar-refractivity contribution in [3.05, 3.63) is 0 Å². The Morgan fingerprint density at radius 1 is 1.17 bits per heavy atom. The van der Waals surface area contributed by atoms with Crippen LogP contribution in [0.5, 0.6) is 0 Å². The molecule has 2 heteroatoms. The van der Waals surface area contributed by atoms with E-state index in [9.17, 15) is 0 Å². The Labute approximate surface area is 112 Å². The highest BCUT2D eigenvalue weighted by Gasteiger charge is 2.48. The zero-order valence-electron chi connectivity index (χ0n) is 12.8. The van der Waals surface area contributed by atoms with Gasteiger partial charge in [-0.15, -0.1) is 0 Å². The maximum atomic E-state index is 6.24. The molecule has 2 aliphatic rings. The molecule has 1 heterocycles. The number of hydrogen-bond acceptors (Lipinski definition) is 2. The fourth-order valence-corrected chi connectivity index (χ4v) is 3.29. The fraction of sp³-hybridized carbons (Fsp3) is 1.00. The maximum Gasteiger partial charge on any atom is 0.192 e. The molecule has 2 nitrogen and oxygen atoms in total. The van der Waals surface area contributed by atoms with Crippen molar-refractivity contribution in [2.24, 2.45) is 17.3 Å². The van der Waals surface area contributed by atoms with E-state index in [0.717, 1.165) is 18.9 Å². The number of epoxide rings is 1. The summed E-state index contributed by atoms with van der Waals surface area (Å²) in [6, 6.07) is 0. The molecule has 2 rings (SSSR count). The highest BCUT2D eigenvalue weighted by Crippen LogP contribution is 2.42. The lowest BCUT2D eigenvalue weighted by atomic mass is 9.72. The summed E-state index contributed by atoms with van der Waals surface area (Å²) in [4.78, 5) is 0. The van der Waals surface area contributed by atoms with Crippen LogP contribution in [0.2, 0.25) is 0 Å². The molecule has 1 atom stereocenters. The van der Waals surface area contributed by atoms with Crippen LogP contribution in [-0.2, 0) is 9.47 Å². The highest BCUT2D eigenvalue weighted by molar-refractivity contribution is 4.87. The standard InChI is InChI=1S/C16H30O2/c1-12(2)10-16(11-17-16)18-14-8-6-13(7-9-14)15(3,4)5/h12-14H,6-11H2,1-5H3. The topological polar surface area (TPSA) is 21.8 Å². The molecule has 2 fully saturated rings. The van der Waals surface area contributed by atoms with Crippen molar-refractivity contribution >= 4 is 0 Å². The first-order chi connectivity index (χ1) is 8.31. The van der Waals surface area contributed by atoms with Gasteiger partial charge in [-0.25, -0.2) is 0 Å². The summed E-state index contributed by atoms with van der Waals surface area (Å²) in [7, 11) is 0. The van der Waals surface area contributed by atoms with Crippen molar-refractivity contribution in [2.75, 3.05) is 6.61 Å². The van der Waals surface area contributed by atoms with Gasteiger partial charge in [-0.05, 0) is 42.9 Å². The molecule has 0 radical (unpaired) electrons. The molecule has 0 bridgehead atoms. The minimum absolute atomic E-state index is 0.201. The van der Waals surface area contributed by atoms with Crippen LogP contribution < -0.4 is 0 Å². The van der Waals surface area contributed by atoms with E-state index >= 15 is 0 Å². The molecule has 1 aliphatic carbocycles. The molecule has 18 heavy (non-hydrogen) atoms. The van der Waals surface area contributed by atoms with Gasteiger partial charge in [-0.2, -0.15) is 0 Å². The molecule has 0 aromatic rings. The number of hydrogen-bond donors (Lipinski definition) is 0. The van der Waals surface area contributed by atoms with Crippen molar-refractivity contribution in [1.82, 2.24) is 0 Å². The van der Waals surface area contributed by atoms with Crippen molar-refractivity contribution in [1.29, 1.82) is 0 Å². The van der Waals surface area contributed by atoms with E-state index in [4.69, 9.17) is 9.47 Å². The molecule has 1 aliphatic heterocycles. The first-order valence-corrected chi connectivity index (χ1v) is 7.62. The third kappa shape index (κ3) is 3.71. The van der Waals surface area contributed by atoms with E-state index < -0.39 is 0 Å². The third-order valence-electron chi connectivity index (χ3n) is 4.47. The van der Waals surface area contributed by atoms with Gasteiger partial charge in [0.05, 0.1) is 6.10 Å². The zero-order valence-corrected chi connectivity index (χ0v) is 12.8. The smallest absolute Gasteiger partial charge is 0.192 e. The second-order valence-electron chi connectivity index (χ2n) is 7.75. The summed E-state index contributed by atoms with van der Waals surface area (Å²) in [6.45, 7) is 12.4. The number of ether oxygens (including phenoxy) is 2. The average molecular weight is 254 g/mol. The van der Waals surface area contributed by atoms with Gasteiger partial charge in [0.25, 0.3) is 0 Å². The van der Waals surface area contributed by atoms with Crippen molar-refractivity contribution in [3.8, 4) is 0 Å². The molecule has 106 valence electrons. The summed E-state index contributed by atoms with van der Waals surface area (Å²) >= 11 is 0. The largest absolute Gasteiger partial charge is 0.344 e. The van der Waals surface area contributed by atoms with E-state index in [1.54, 1.807) is 0 Å². The molecule has 0 N–H and O–H groups in total. The molecule has 0 aromatic heterocycles. The van der Waals surface area contributed by atoms with E-state index in [1.165, 1.54) is 25.7 Å². The first-order valence-electron chi connectivity index (χ1n) is 7.62. The van der Waals surface area contributed by atoms with E-state index in [2.05, 4.69) is 34.6 Å². The molecule has 1 saturated heterocycles. The summed E-state index contributed by atoms with van der Waals surface area (Å²) < 4.78 is 11.8. The fourth-order valence-electron chi connectivity index (χ4n) is 3.29. The van der Waals surface area contributed by atoms with Crippen LogP contribution >= 0.6 is 0 Å². The molecule has 0 spiro atoms. The Morgan fingerprint density at radius 3 is 2.11 bits per heavy atom. The first kappa shape index (κ1) is 14.3. The van der Waals surface area contributed by atoms with Gasteiger partial charge in [0.1, 0.15) is 6.61 Å². The van der Waals surface area contributed by atoms with Gasteiger partial charge in [-0.1, -0.05) is 34.6 Å². The SMILES string of the molecule is CC(C)CC1(OC2CCC(C(C)(C)C)CC2)CO1. The number of rotatable bonds is 4. The Balaban J connectivity index is 1.77. The van der Waals surface area contributed by atoms with Crippen LogP contribution in [0.15, 0.2) is 0 Å². The third-order valence-corrected chi connectivity index (χ3v) is 4.47. The van der Waals surface area contributed by atoms with E-state index in [-0.39, 0.29) is 5.79 Å². The predicted octanol–water partition coefficient (Wildman–Crippen LogP) is 4.38. The summed E-state index contributed by atoms with van der Waals surface area (Å²) in [5, 5.41) is 0. The van der Waals surface area contributed by atoms with Gasteiger partial charge < -0.3 is 9.47 Å². The van der Waals surface area contributed by atoms with Crippen molar-refractivity contribution in [3.63, 3.8) is 0 Å². The van der Waals surface area contributed by atoms with E-state index in [0.29, 0.717) is 17.4 Å². The minimum Gasteiger partial charge on any atom is -0.344 e. The van der Waals surface area contributed by atoms with Crippen LogP contribution in [0.25, 0.3) is 0 Å². The second-order valence-corrected chi connectivity index (χ2v) is 7.75. The van der Waals surface area contributed by atoms with Gasteiger partial charge in [0.15, 0.2) is 5.79 Å². The Hall–Kier alpha value is -0.0800. The van der Waals surface area contributed by atoms with Crippen molar-refractivity contribution < 1.29 is 9.47 Å². The molecule has 0 aromatic carbocycles. The lowest BCUT2D eigenvalue weighted by Gasteiger charge is -2.37. The quantitative estimate of drug-likeness (QED) is 0.694. The zero-order chi connectivity index (χ0) is 13.4. The summed E-state index contributed by atoms with van der Waals surface area (Å²) in [5.41, 5.74) is 0.455. The van der Waals surface area contributed by atoms with Crippen molar-refractivity contribution in [2.45, 2.75) is 78.6 Å². The summed E-state index contributed by atoms with van der Waals surface area (Å²) in [6.07, 6.45) is 6.53. The summed E-state index contributed by atoms with van der Waals surface area (Å²) in [5.74, 6) is 1.31. The second kappa shape index (κ2) is 5.13. The molecule has 1 unspecified atom stereocenters. The average Bonchev–Trinajstić information content (AvgIpc) is 2.96. The van der Waals surface area contributed by atoms with Crippen LogP contribution in [0, 0.1) is 17.3 Å². The normalized spacial score (nSPS) is 37.0. The molecular formula is C16H30O2. The Morgan fingerprint density at radius 2 is 1.72 bits per heavy atom. The highest BCUT2D eigenvalue weighted by atomic mass is 16.8. The minimum atomic E-state index is -0.201. The lowest BCUT2D eigenvalue weighted by molar-refractivity contribution is -0.117. The predicted molar refractivity (Wildman–Crippen MR) is 74.4 cm³/mol. The van der Waals surface area contributed by atoms with Gasteiger partial charge in [0.2, 0.25) is 0 Å². The lowest BCUT2D eigenvalue weighted by Crippen LogP contribution is -2.33. The van der Waals surface area contributed by atoms with E-state index in [1.807, 2.05) is 0 Å². The van der Waals surface area contributed by atoms with Crippen LogP contribution in [0.1, 0.15) is 66.7 Å². The molecular weight excluding hydrogens is 224 g/mol. The van der Waals surface area contributed by atoms with Crippen LogP contribution in [0.3, 0.4) is 0 Å². The monoisotopic (exact) mass is 254 g/mol. The molecule has 1 saturated carbocycles.